The van der Waals surface area contributed by atoms with Crippen molar-refractivity contribution in [3.8, 4) is 0 Å². The van der Waals surface area contributed by atoms with Gasteiger partial charge in [-0.25, -0.2) is 13.4 Å². The average Bonchev–Trinajstić information content (AvgIpc) is 2.90. The Morgan fingerprint density at radius 2 is 2.05 bits per heavy atom. The lowest BCUT2D eigenvalue weighted by Gasteiger charge is -2.40. The SMILES string of the molecule is NCC1CN(c2ccc(S(=O)(=O)Nc3nccs3)cc2)C1. The van der Waals surface area contributed by atoms with Crippen molar-refractivity contribution in [3.05, 3.63) is 35.8 Å². The fourth-order valence-corrected chi connectivity index (χ4v) is 4.00. The summed E-state index contributed by atoms with van der Waals surface area (Å²) in [5.41, 5.74) is 6.62. The van der Waals surface area contributed by atoms with Crippen molar-refractivity contribution in [1.29, 1.82) is 0 Å². The fraction of sp³-hybridized carbons (Fsp3) is 0.308. The first kappa shape index (κ1) is 14.3. The van der Waals surface area contributed by atoms with Crippen molar-refractivity contribution in [3.63, 3.8) is 0 Å². The van der Waals surface area contributed by atoms with Crippen molar-refractivity contribution < 1.29 is 8.42 Å². The molecule has 1 aliphatic rings. The minimum atomic E-state index is -3.57. The smallest absolute Gasteiger partial charge is 0.263 e. The molecule has 3 rings (SSSR count). The summed E-state index contributed by atoms with van der Waals surface area (Å²) in [6.45, 7) is 2.56. The Morgan fingerprint density at radius 1 is 1.33 bits per heavy atom. The van der Waals surface area contributed by atoms with E-state index in [1.54, 1.807) is 23.7 Å². The summed E-state index contributed by atoms with van der Waals surface area (Å²) >= 11 is 1.25. The van der Waals surface area contributed by atoms with E-state index in [0.29, 0.717) is 17.6 Å². The van der Waals surface area contributed by atoms with Crippen LogP contribution in [0.25, 0.3) is 0 Å². The van der Waals surface area contributed by atoms with Gasteiger partial charge in [0.25, 0.3) is 10.0 Å². The van der Waals surface area contributed by atoms with Crippen LogP contribution >= 0.6 is 11.3 Å². The molecule has 0 radical (unpaired) electrons. The van der Waals surface area contributed by atoms with Crippen molar-refractivity contribution >= 4 is 32.2 Å². The van der Waals surface area contributed by atoms with Gasteiger partial charge in [0, 0.05) is 36.3 Å². The number of nitrogens with zero attached hydrogens (tertiary/aromatic N) is 2. The highest BCUT2D eigenvalue weighted by Gasteiger charge is 2.25. The Hall–Kier alpha value is -1.64. The fourth-order valence-electron chi connectivity index (χ4n) is 2.21. The molecule has 21 heavy (non-hydrogen) atoms. The molecule has 112 valence electrons. The second-order valence-electron chi connectivity index (χ2n) is 4.94. The number of nitrogens with one attached hydrogen (secondary N) is 1. The Kier molecular flexibility index (Phi) is 3.83. The van der Waals surface area contributed by atoms with Crippen molar-refractivity contribution in [2.24, 2.45) is 11.7 Å². The largest absolute Gasteiger partial charge is 0.371 e. The van der Waals surface area contributed by atoms with Crippen LogP contribution in [-0.4, -0.2) is 33.0 Å². The van der Waals surface area contributed by atoms with Gasteiger partial charge < -0.3 is 10.6 Å². The quantitative estimate of drug-likeness (QED) is 0.866. The monoisotopic (exact) mass is 324 g/mol. The molecule has 0 bridgehead atoms. The molecule has 2 aromatic rings. The number of aromatic nitrogens is 1. The third-order valence-corrected chi connectivity index (χ3v) is 5.63. The van der Waals surface area contributed by atoms with Crippen LogP contribution < -0.4 is 15.4 Å². The molecule has 3 N–H and O–H groups in total. The summed E-state index contributed by atoms with van der Waals surface area (Å²) in [5.74, 6) is 0.542. The van der Waals surface area contributed by atoms with Gasteiger partial charge in [-0.1, -0.05) is 0 Å². The molecule has 1 aromatic carbocycles. The summed E-state index contributed by atoms with van der Waals surface area (Å²) < 4.78 is 26.8. The molecule has 6 nitrogen and oxygen atoms in total. The minimum Gasteiger partial charge on any atom is -0.371 e. The van der Waals surface area contributed by atoms with E-state index in [4.69, 9.17) is 5.73 Å². The van der Waals surface area contributed by atoms with Gasteiger partial charge in [0.2, 0.25) is 0 Å². The molecular formula is C13H16N4O2S2. The predicted molar refractivity (Wildman–Crippen MR) is 84.1 cm³/mol. The van der Waals surface area contributed by atoms with E-state index in [0.717, 1.165) is 18.8 Å². The lowest BCUT2D eigenvalue weighted by Crippen LogP contribution is -2.49. The maximum Gasteiger partial charge on any atom is 0.263 e. The lowest BCUT2D eigenvalue weighted by atomic mass is 10.00. The highest BCUT2D eigenvalue weighted by molar-refractivity contribution is 7.93. The Balaban J connectivity index is 1.72. The van der Waals surface area contributed by atoms with Gasteiger partial charge in [0.05, 0.1) is 4.90 Å². The standard InChI is InChI=1S/C13H16N4O2S2/c14-7-10-8-17(9-10)11-1-3-12(4-2-11)21(18,19)16-13-15-5-6-20-13/h1-6,10H,7-9,14H2,(H,15,16). The van der Waals surface area contributed by atoms with Gasteiger partial charge in [0.15, 0.2) is 5.13 Å². The summed E-state index contributed by atoms with van der Waals surface area (Å²) in [4.78, 5) is 6.34. The summed E-state index contributed by atoms with van der Waals surface area (Å²) in [6, 6.07) is 6.87. The molecule has 0 unspecified atom stereocenters. The van der Waals surface area contributed by atoms with Gasteiger partial charge in [0.1, 0.15) is 0 Å². The number of sulfonamides is 1. The number of thiazole rings is 1. The molecule has 1 aromatic heterocycles. The second kappa shape index (κ2) is 5.63. The predicted octanol–water partition coefficient (Wildman–Crippen LogP) is 1.34. The van der Waals surface area contributed by atoms with E-state index in [2.05, 4.69) is 14.6 Å². The first-order chi connectivity index (χ1) is 10.1. The van der Waals surface area contributed by atoms with Gasteiger partial charge in [-0.3, -0.25) is 4.72 Å². The molecule has 0 atom stereocenters. The summed E-state index contributed by atoms with van der Waals surface area (Å²) in [5, 5.41) is 2.09. The molecule has 0 amide bonds. The molecular weight excluding hydrogens is 308 g/mol. The van der Waals surface area contributed by atoms with Gasteiger partial charge in [-0.05, 0) is 30.8 Å². The third-order valence-electron chi connectivity index (χ3n) is 3.46. The van der Waals surface area contributed by atoms with E-state index in [9.17, 15) is 8.42 Å². The zero-order valence-corrected chi connectivity index (χ0v) is 12.9. The number of anilines is 2. The maximum absolute atomic E-state index is 12.2. The average molecular weight is 324 g/mol. The second-order valence-corrected chi connectivity index (χ2v) is 7.52. The van der Waals surface area contributed by atoms with E-state index >= 15 is 0 Å². The van der Waals surface area contributed by atoms with E-state index in [1.807, 2.05) is 12.1 Å². The zero-order valence-electron chi connectivity index (χ0n) is 11.3. The minimum absolute atomic E-state index is 0.234. The van der Waals surface area contributed by atoms with Crippen molar-refractivity contribution in [2.45, 2.75) is 4.90 Å². The lowest BCUT2D eigenvalue weighted by molar-refractivity contribution is 0.420. The molecule has 1 saturated heterocycles. The molecule has 0 saturated carbocycles. The van der Waals surface area contributed by atoms with Crippen LogP contribution in [0.2, 0.25) is 0 Å². The number of benzene rings is 1. The molecule has 0 aliphatic carbocycles. The molecule has 2 heterocycles. The molecule has 0 spiro atoms. The van der Waals surface area contributed by atoms with Crippen LogP contribution in [0.4, 0.5) is 10.8 Å². The summed E-state index contributed by atoms with van der Waals surface area (Å²) in [6.07, 6.45) is 1.56. The molecule has 1 aliphatic heterocycles. The van der Waals surface area contributed by atoms with Crippen molar-refractivity contribution in [2.75, 3.05) is 29.3 Å². The number of rotatable bonds is 5. The van der Waals surface area contributed by atoms with Gasteiger partial charge in [-0.15, -0.1) is 11.3 Å². The van der Waals surface area contributed by atoms with Crippen LogP contribution in [0, 0.1) is 5.92 Å². The van der Waals surface area contributed by atoms with Crippen LogP contribution in [-0.2, 0) is 10.0 Å². The Morgan fingerprint density at radius 3 is 2.62 bits per heavy atom. The van der Waals surface area contributed by atoms with Crippen molar-refractivity contribution in [1.82, 2.24) is 4.98 Å². The third kappa shape index (κ3) is 3.02. The van der Waals surface area contributed by atoms with Gasteiger partial charge >= 0.3 is 0 Å². The highest BCUT2D eigenvalue weighted by Crippen LogP contribution is 2.26. The van der Waals surface area contributed by atoms with Crippen LogP contribution in [0.15, 0.2) is 40.7 Å². The number of hydrogen-bond acceptors (Lipinski definition) is 6. The van der Waals surface area contributed by atoms with E-state index < -0.39 is 10.0 Å². The van der Waals surface area contributed by atoms with E-state index in [1.165, 1.54) is 11.3 Å². The Bertz CT molecular complexity index is 692. The van der Waals surface area contributed by atoms with Crippen LogP contribution in [0.5, 0.6) is 0 Å². The normalized spacial score (nSPS) is 15.8. The first-order valence-electron chi connectivity index (χ1n) is 6.56. The number of nitrogens with two attached hydrogens (primary N) is 1. The number of hydrogen-bond donors (Lipinski definition) is 2. The topological polar surface area (TPSA) is 88.3 Å². The highest BCUT2D eigenvalue weighted by atomic mass is 32.2. The van der Waals surface area contributed by atoms with Crippen LogP contribution in [0.3, 0.4) is 0 Å². The van der Waals surface area contributed by atoms with Crippen LogP contribution in [0.1, 0.15) is 0 Å². The summed E-state index contributed by atoms with van der Waals surface area (Å²) in [7, 11) is -3.57. The first-order valence-corrected chi connectivity index (χ1v) is 8.92. The molecule has 1 fully saturated rings. The van der Waals surface area contributed by atoms with Gasteiger partial charge in [-0.2, -0.15) is 0 Å². The Labute approximate surface area is 127 Å². The maximum atomic E-state index is 12.2. The zero-order chi connectivity index (χ0) is 14.9. The molecule has 8 heteroatoms. The van der Waals surface area contributed by atoms with E-state index in [-0.39, 0.29) is 4.90 Å².